The van der Waals surface area contributed by atoms with E-state index in [4.69, 9.17) is 0 Å². The van der Waals surface area contributed by atoms with Crippen LogP contribution in [0.25, 0.3) is 0 Å². The van der Waals surface area contributed by atoms with Gasteiger partial charge in [0.1, 0.15) is 0 Å². The highest BCUT2D eigenvalue weighted by Gasteiger charge is 2.10. The lowest BCUT2D eigenvalue weighted by atomic mass is 10.1. The summed E-state index contributed by atoms with van der Waals surface area (Å²) >= 11 is 1.40. The second kappa shape index (κ2) is 9.72. The van der Waals surface area contributed by atoms with Gasteiger partial charge in [-0.25, -0.2) is 0 Å². The molecule has 0 saturated heterocycles. The Labute approximate surface area is 157 Å². The molecule has 0 unspecified atom stereocenters. The minimum Gasteiger partial charge on any atom is -0.378 e. The summed E-state index contributed by atoms with van der Waals surface area (Å²) in [5.74, 6) is -0.473. The summed E-state index contributed by atoms with van der Waals surface area (Å²) in [6.45, 7) is -0.0901. The molecule has 0 bridgehead atoms. The molecule has 0 saturated carbocycles. The topological polar surface area (TPSA) is 78.5 Å². The molecule has 0 aliphatic rings. The van der Waals surface area contributed by atoms with Gasteiger partial charge in [-0.15, -0.1) is 11.3 Å². The maximum Gasteiger partial charge on any atom is 0.243 e. The number of carbonyl (C=O) groups excluding carboxylic acids is 3. The molecule has 0 spiro atoms. The highest BCUT2D eigenvalue weighted by Crippen LogP contribution is 2.15. The number of ketones is 1. The molecule has 1 aromatic heterocycles. The van der Waals surface area contributed by atoms with Crippen LogP contribution >= 0.6 is 11.3 Å². The van der Waals surface area contributed by atoms with Crippen molar-refractivity contribution in [2.24, 2.45) is 0 Å². The van der Waals surface area contributed by atoms with E-state index in [1.807, 2.05) is 54.7 Å². The van der Waals surface area contributed by atoms with Crippen molar-refractivity contribution < 1.29 is 14.4 Å². The average molecular weight is 373 g/mol. The van der Waals surface area contributed by atoms with Crippen molar-refractivity contribution in [1.82, 2.24) is 5.32 Å². The first kappa shape index (κ1) is 19.7. The van der Waals surface area contributed by atoms with Gasteiger partial charge in [-0.1, -0.05) is 6.07 Å². The Morgan fingerprint density at radius 2 is 1.73 bits per heavy atom. The van der Waals surface area contributed by atoms with Crippen molar-refractivity contribution in [2.75, 3.05) is 30.9 Å². The second-order valence-corrected chi connectivity index (χ2v) is 6.97. The van der Waals surface area contributed by atoms with Crippen LogP contribution in [0, 0.1) is 0 Å². The van der Waals surface area contributed by atoms with Gasteiger partial charge in [-0.2, -0.15) is 0 Å². The van der Waals surface area contributed by atoms with E-state index < -0.39 is 0 Å². The van der Waals surface area contributed by atoms with Gasteiger partial charge in [0, 0.05) is 38.3 Å². The van der Waals surface area contributed by atoms with Crippen LogP contribution in [-0.4, -0.2) is 38.2 Å². The Bertz CT molecular complexity index is 740. The molecule has 1 aromatic carbocycles. The van der Waals surface area contributed by atoms with E-state index in [0.29, 0.717) is 23.4 Å². The molecule has 2 amide bonds. The zero-order valence-corrected chi connectivity index (χ0v) is 15.8. The fourth-order valence-corrected chi connectivity index (χ4v) is 2.98. The Hall–Kier alpha value is -2.67. The summed E-state index contributed by atoms with van der Waals surface area (Å²) < 4.78 is 0. The first-order valence-corrected chi connectivity index (χ1v) is 9.24. The fourth-order valence-electron chi connectivity index (χ4n) is 2.29. The lowest BCUT2D eigenvalue weighted by molar-refractivity contribution is -0.124. The van der Waals surface area contributed by atoms with Gasteiger partial charge < -0.3 is 15.5 Å². The standard InChI is InChI=1S/C19H23N3O3S/c1-22(2)15-10-8-14(9-11-15)21-19(25)13-20-18(24)7-3-5-16(23)17-6-4-12-26-17/h4,6,8-12H,3,5,7,13H2,1-2H3,(H,20,24)(H,21,25). The molecule has 0 aliphatic carbocycles. The first-order valence-electron chi connectivity index (χ1n) is 8.36. The minimum absolute atomic E-state index is 0.0479. The summed E-state index contributed by atoms with van der Waals surface area (Å²) in [4.78, 5) is 38.2. The molecule has 1 heterocycles. The van der Waals surface area contributed by atoms with Crippen LogP contribution in [0.2, 0.25) is 0 Å². The zero-order chi connectivity index (χ0) is 18.9. The van der Waals surface area contributed by atoms with Crippen molar-refractivity contribution in [3.05, 3.63) is 46.7 Å². The normalized spacial score (nSPS) is 10.2. The summed E-state index contributed by atoms with van der Waals surface area (Å²) in [5.41, 5.74) is 1.71. The molecular weight excluding hydrogens is 350 g/mol. The third-order valence-corrected chi connectivity index (χ3v) is 4.63. The molecule has 0 fully saturated rings. The third-order valence-electron chi connectivity index (χ3n) is 3.72. The van der Waals surface area contributed by atoms with Crippen LogP contribution in [0.1, 0.15) is 28.9 Å². The van der Waals surface area contributed by atoms with Gasteiger partial charge in [0.2, 0.25) is 11.8 Å². The largest absolute Gasteiger partial charge is 0.378 e. The van der Waals surface area contributed by atoms with Crippen LogP contribution < -0.4 is 15.5 Å². The van der Waals surface area contributed by atoms with E-state index in [0.717, 1.165) is 5.69 Å². The van der Waals surface area contributed by atoms with E-state index in [1.54, 1.807) is 6.07 Å². The summed E-state index contributed by atoms with van der Waals surface area (Å²) in [6.07, 6.45) is 1.02. The molecular formula is C19H23N3O3S. The first-order chi connectivity index (χ1) is 12.5. The van der Waals surface area contributed by atoms with Gasteiger partial charge in [-0.05, 0) is 42.1 Å². The highest BCUT2D eigenvalue weighted by molar-refractivity contribution is 7.12. The SMILES string of the molecule is CN(C)c1ccc(NC(=O)CNC(=O)CCCC(=O)c2cccs2)cc1. The maximum atomic E-state index is 11.9. The zero-order valence-electron chi connectivity index (χ0n) is 15.0. The molecule has 138 valence electrons. The molecule has 2 aromatic rings. The molecule has 2 rings (SSSR count). The molecule has 0 radical (unpaired) electrons. The van der Waals surface area contributed by atoms with Crippen LogP contribution in [-0.2, 0) is 9.59 Å². The number of thiophene rings is 1. The van der Waals surface area contributed by atoms with Crippen molar-refractivity contribution in [2.45, 2.75) is 19.3 Å². The Morgan fingerprint density at radius 3 is 2.35 bits per heavy atom. The fraction of sp³-hybridized carbons (Fsp3) is 0.316. The average Bonchev–Trinajstić information content (AvgIpc) is 3.15. The maximum absolute atomic E-state index is 11.9. The van der Waals surface area contributed by atoms with E-state index >= 15 is 0 Å². The summed E-state index contributed by atoms with van der Waals surface area (Å²) in [6, 6.07) is 11.0. The van der Waals surface area contributed by atoms with Crippen LogP contribution in [0.3, 0.4) is 0 Å². The van der Waals surface area contributed by atoms with Crippen molar-refractivity contribution in [3.8, 4) is 0 Å². The second-order valence-electron chi connectivity index (χ2n) is 6.02. The molecule has 0 atom stereocenters. The van der Waals surface area contributed by atoms with Gasteiger partial charge in [0.25, 0.3) is 0 Å². The van der Waals surface area contributed by atoms with E-state index in [9.17, 15) is 14.4 Å². The Kier molecular flexibility index (Phi) is 7.35. The Balaban J connectivity index is 1.65. The number of anilines is 2. The van der Waals surface area contributed by atoms with Gasteiger partial charge in [0.15, 0.2) is 5.78 Å². The lowest BCUT2D eigenvalue weighted by Gasteiger charge is -2.13. The van der Waals surface area contributed by atoms with E-state index in [2.05, 4.69) is 10.6 Å². The molecule has 6 nitrogen and oxygen atoms in total. The highest BCUT2D eigenvalue weighted by atomic mass is 32.1. The summed E-state index contributed by atoms with van der Waals surface area (Å²) in [7, 11) is 3.88. The third kappa shape index (κ3) is 6.33. The van der Waals surface area contributed by atoms with E-state index in [1.165, 1.54) is 11.3 Å². The molecule has 0 aliphatic heterocycles. The number of carbonyl (C=O) groups is 3. The van der Waals surface area contributed by atoms with Gasteiger partial charge in [0.05, 0.1) is 11.4 Å². The van der Waals surface area contributed by atoms with Crippen LogP contribution in [0.4, 0.5) is 11.4 Å². The van der Waals surface area contributed by atoms with Crippen LogP contribution in [0.15, 0.2) is 41.8 Å². The van der Waals surface area contributed by atoms with E-state index in [-0.39, 0.29) is 30.6 Å². The van der Waals surface area contributed by atoms with Crippen molar-refractivity contribution in [1.29, 1.82) is 0 Å². The molecule has 7 heteroatoms. The van der Waals surface area contributed by atoms with Gasteiger partial charge in [-0.3, -0.25) is 14.4 Å². The lowest BCUT2D eigenvalue weighted by Crippen LogP contribution is -2.32. The minimum atomic E-state index is -0.286. The number of nitrogens with one attached hydrogen (secondary N) is 2. The predicted molar refractivity (Wildman–Crippen MR) is 105 cm³/mol. The van der Waals surface area contributed by atoms with Crippen molar-refractivity contribution in [3.63, 3.8) is 0 Å². The number of amides is 2. The number of nitrogens with zero attached hydrogens (tertiary/aromatic N) is 1. The number of benzene rings is 1. The van der Waals surface area contributed by atoms with Crippen LogP contribution in [0.5, 0.6) is 0 Å². The van der Waals surface area contributed by atoms with Gasteiger partial charge >= 0.3 is 0 Å². The quantitative estimate of drug-likeness (QED) is 0.663. The number of hydrogen-bond acceptors (Lipinski definition) is 5. The van der Waals surface area contributed by atoms with Crippen molar-refractivity contribution >= 4 is 40.3 Å². The molecule has 2 N–H and O–H groups in total. The number of rotatable bonds is 9. The number of hydrogen-bond donors (Lipinski definition) is 2. The number of Topliss-reactive ketones (excluding diaryl/α,β-unsaturated/α-hetero) is 1. The monoisotopic (exact) mass is 373 g/mol. The molecule has 26 heavy (non-hydrogen) atoms. The smallest absolute Gasteiger partial charge is 0.243 e. The summed E-state index contributed by atoms with van der Waals surface area (Å²) in [5, 5.41) is 7.16. The Morgan fingerprint density at radius 1 is 1.00 bits per heavy atom. The predicted octanol–water partition coefficient (Wildman–Crippen LogP) is 2.92.